The summed E-state index contributed by atoms with van der Waals surface area (Å²) < 4.78 is 29.8. The van der Waals surface area contributed by atoms with Gasteiger partial charge < -0.3 is 15.0 Å². The molecule has 6 heteroatoms. The number of hydrogen-bond donors (Lipinski definition) is 1. The van der Waals surface area contributed by atoms with E-state index in [0.717, 1.165) is 38.2 Å². The van der Waals surface area contributed by atoms with Gasteiger partial charge in [-0.05, 0) is 75.9 Å². The van der Waals surface area contributed by atoms with Crippen molar-refractivity contribution >= 4 is 0 Å². The lowest BCUT2D eigenvalue weighted by Gasteiger charge is -2.54. The van der Waals surface area contributed by atoms with Gasteiger partial charge in [-0.1, -0.05) is 6.07 Å². The minimum Gasteiger partial charge on any atom is -0.472 e. The molecule has 0 radical (unpaired) electrons. The molecule has 1 aromatic heterocycles. The molecule has 4 aliphatic rings. The molecule has 0 spiro atoms. The first-order valence-electron chi connectivity index (χ1n) is 10.8. The van der Waals surface area contributed by atoms with Crippen molar-refractivity contribution in [3.63, 3.8) is 0 Å². The highest BCUT2D eigenvalue weighted by Gasteiger charge is 2.47. The Bertz CT molecular complexity index is 657. The molecular weight excluding hydrogens is 360 g/mol. The molecule has 3 saturated carbocycles. The Morgan fingerprint density at radius 1 is 1.11 bits per heavy atom. The van der Waals surface area contributed by atoms with E-state index < -0.39 is 13.0 Å². The van der Waals surface area contributed by atoms with Gasteiger partial charge in [0.05, 0.1) is 0 Å². The average Bonchev–Trinajstić information content (AvgIpc) is 2.94. The SMILES string of the molecule is CNC12CCC(CCN3CCc4ccc(OCC(F)F)nc4CC3)(CC1)CC2. The first kappa shape index (κ1) is 20.0. The van der Waals surface area contributed by atoms with Crippen molar-refractivity contribution in [2.45, 2.75) is 69.8 Å². The van der Waals surface area contributed by atoms with Gasteiger partial charge in [0.1, 0.15) is 0 Å². The lowest BCUT2D eigenvalue weighted by atomic mass is 9.56. The molecule has 3 aliphatic carbocycles. The summed E-state index contributed by atoms with van der Waals surface area (Å²) in [6, 6.07) is 3.73. The predicted molar refractivity (Wildman–Crippen MR) is 106 cm³/mol. The zero-order valence-corrected chi connectivity index (χ0v) is 17.0. The molecule has 5 rings (SSSR count). The van der Waals surface area contributed by atoms with Gasteiger partial charge in [-0.2, -0.15) is 0 Å². The van der Waals surface area contributed by atoms with Crippen LogP contribution >= 0.6 is 0 Å². The molecule has 3 fully saturated rings. The normalized spacial score (nSPS) is 30.3. The second-order valence-electron chi connectivity index (χ2n) is 9.08. The van der Waals surface area contributed by atoms with Gasteiger partial charge >= 0.3 is 0 Å². The largest absolute Gasteiger partial charge is 0.472 e. The van der Waals surface area contributed by atoms with E-state index >= 15 is 0 Å². The van der Waals surface area contributed by atoms with Gasteiger partial charge in [-0.15, -0.1) is 0 Å². The molecule has 0 aromatic carbocycles. The third kappa shape index (κ3) is 4.33. The topological polar surface area (TPSA) is 37.4 Å². The summed E-state index contributed by atoms with van der Waals surface area (Å²) in [7, 11) is 2.13. The van der Waals surface area contributed by atoms with Crippen LogP contribution in [0.15, 0.2) is 12.1 Å². The number of nitrogens with one attached hydrogen (secondary N) is 1. The third-order valence-electron chi connectivity index (χ3n) is 7.65. The number of nitrogens with zero attached hydrogens (tertiary/aromatic N) is 2. The van der Waals surface area contributed by atoms with E-state index in [4.69, 9.17) is 4.74 Å². The number of pyridine rings is 1. The maximum Gasteiger partial charge on any atom is 0.272 e. The maximum atomic E-state index is 12.4. The molecule has 0 atom stereocenters. The number of hydrogen-bond acceptors (Lipinski definition) is 4. The smallest absolute Gasteiger partial charge is 0.272 e. The number of ether oxygens (including phenoxy) is 1. The fourth-order valence-corrected chi connectivity index (χ4v) is 5.47. The second-order valence-corrected chi connectivity index (χ2v) is 9.08. The van der Waals surface area contributed by atoms with Crippen LogP contribution in [0, 0.1) is 5.41 Å². The lowest BCUT2D eigenvalue weighted by molar-refractivity contribution is 0.0139. The molecule has 0 amide bonds. The Balaban J connectivity index is 1.30. The van der Waals surface area contributed by atoms with Gasteiger partial charge in [0.25, 0.3) is 6.43 Å². The standard InChI is InChI=1S/C22H33F2N3O/c1-25-22-9-6-21(7-10-22,8-11-22)12-15-27-13-4-17-2-3-20(28-16-19(23)24)26-18(17)5-14-27/h2-3,19,25H,4-16H2,1H3. The summed E-state index contributed by atoms with van der Waals surface area (Å²) in [5.74, 6) is 0.323. The molecule has 0 saturated heterocycles. The summed E-state index contributed by atoms with van der Waals surface area (Å²) in [4.78, 5) is 7.07. The van der Waals surface area contributed by atoms with Gasteiger partial charge in [0.2, 0.25) is 5.88 Å². The van der Waals surface area contributed by atoms with Crippen molar-refractivity contribution in [2.24, 2.45) is 5.41 Å². The van der Waals surface area contributed by atoms with E-state index in [2.05, 4.69) is 22.2 Å². The van der Waals surface area contributed by atoms with Crippen LogP contribution in [0.25, 0.3) is 0 Å². The molecule has 2 heterocycles. The number of halogens is 2. The Hall–Kier alpha value is -1.27. The van der Waals surface area contributed by atoms with Crippen molar-refractivity contribution in [3.8, 4) is 5.88 Å². The van der Waals surface area contributed by atoms with Crippen LogP contribution in [0.1, 0.15) is 56.2 Å². The number of aromatic nitrogens is 1. The fourth-order valence-electron chi connectivity index (χ4n) is 5.47. The quantitative estimate of drug-likeness (QED) is 0.764. The zero-order valence-electron chi connectivity index (χ0n) is 17.0. The van der Waals surface area contributed by atoms with E-state index in [1.165, 1.54) is 50.5 Å². The summed E-state index contributed by atoms with van der Waals surface area (Å²) >= 11 is 0. The molecule has 1 aromatic rings. The molecule has 156 valence electrons. The zero-order chi connectivity index (χ0) is 19.6. The van der Waals surface area contributed by atoms with Crippen LogP contribution in [-0.4, -0.2) is 55.1 Å². The number of alkyl halides is 2. The van der Waals surface area contributed by atoms with E-state index in [0.29, 0.717) is 16.8 Å². The summed E-state index contributed by atoms with van der Waals surface area (Å²) in [5, 5.41) is 3.60. The number of rotatable bonds is 7. The Labute approximate surface area is 167 Å². The lowest BCUT2D eigenvalue weighted by Crippen LogP contribution is -2.54. The van der Waals surface area contributed by atoms with E-state index in [1.54, 1.807) is 6.07 Å². The summed E-state index contributed by atoms with van der Waals surface area (Å²) in [6.45, 7) is 2.63. The van der Waals surface area contributed by atoms with Crippen molar-refractivity contribution in [3.05, 3.63) is 23.4 Å². The first-order valence-corrected chi connectivity index (χ1v) is 10.8. The van der Waals surface area contributed by atoms with Gasteiger partial charge in [0, 0.05) is 36.8 Å². The predicted octanol–water partition coefficient (Wildman–Crippen LogP) is 3.83. The minimum absolute atomic E-state index is 0.323. The summed E-state index contributed by atoms with van der Waals surface area (Å²) in [6.07, 6.45) is 8.80. The van der Waals surface area contributed by atoms with Crippen molar-refractivity contribution in [1.82, 2.24) is 15.2 Å². The van der Waals surface area contributed by atoms with Crippen molar-refractivity contribution < 1.29 is 13.5 Å². The van der Waals surface area contributed by atoms with Gasteiger partial charge in [0.15, 0.2) is 6.61 Å². The van der Waals surface area contributed by atoms with E-state index in [1.807, 2.05) is 6.07 Å². The highest BCUT2D eigenvalue weighted by Crippen LogP contribution is 2.54. The highest BCUT2D eigenvalue weighted by molar-refractivity contribution is 5.27. The molecule has 0 unspecified atom stereocenters. The van der Waals surface area contributed by atoms with Crippen molar-refractivity contribution in [1.29, 1.82) is 0 Å². The molecule has 1 aliphatic heterocycles. The van der Waals surface area contributed by atoms with Crippen molar-refractivity contribution in [2.75, 3.05) is 33.3 Å². The van der Waals surface area contributed by atoms with Crippen LogP contribution < -0.4 is 10.1 Å². The molecule has 4 nitrogen and oxygen atoms in total. The Morgan fingerprint density at radius 3 is 2.50 bits per heavy atom. The van der Waals surface area contributed by atoms with Gasteiger partial charge in [-0.3, -0.25) is 0 Å². The van der Waals surface area contributed by atoms with Crippen LogP contribution in [0.3, 0.4) is 0 Å². The minimum atomic E-state index is -2.46. The second kappa shape index (κ2) is 8.23. The summed E-state index contributed by atoms with van der Waals surface area (Å²) in [5.41, 5.74) is 3.24. The maximum absolute atomic E-state index is 12.4. The van der Waals surface area contributed by atoms with Crippen LogP contribution in [0.4, 0.5) is 8.78 Å². The average molecular weight is 394 g/mol. The fraction of sp³-hybridized carbons (Fsp3) is 0.773. The van der Waals surface area contributed by atoms with E-state index in [-0.39, 0.29) is 0 Å². The molecule has 1 N–H and O–H groups in total. The van der Waals surface area contributed by atoms with Crippen LogP contribution in [-0.2, 0) is 12.8 Å². The van der Waals surface area contributed by atoms with Crippen LogP contribution in [0.5, 0.6) is 5.88 Å². The van der Waals surface area contributed by atoms with Gasteiger partial charge in [-0.25, -0.2) is 13.8 Å². The molecule has 28 heavy (non-hydrogen) atoms. The highest BCUT2D eigenvalue weighted by atomic mass is 19.3. The monoisotopic (exact) mass is 393 g/mol. The van der Waals surface area contributed by atoms with E-state index in [9.17, 15) is 8.78 Å². The Kier molecular flexibility index (Phi) is 5.88. The third-order valence-corrected chi connectivity index (χ3v) is 7.65. The number of fused-ring (bicyclic) bond motifs is 4. The molecule has 2 bridgehead atoms. The first-order chi connectivity index (χ1) is 13.5. The van der Waals surface area contributed by atoms with Crippen LogP contribution in [0.2, 0.25) is 0 Å². The Morgan fingerprint density at radius 2 is 1.82 bits per heavy atom. The molecular formula is C22H33F2N3O.